The van der Waals surface area contributed by atoms with Crippen LogP contribution in [-0.2, 0) is 11.3 Å². The zero-order valence-corrected chi connectivity index (χ0v) is 11.2. The lowest BCUT2D eigenvalue weighted by atomic mass is 10.2. The van der Waals surface area contributed by atoms with Gasteiger partial charge in [0.15, 0.2) is 0 Å². The Balaban J connectivity index is 2.31. The van der Waals surface area contributed by atoms with E-state index in [-0.39, 0.29) is 18.7 Å². The lowest BCUT2D eigenvalue weighted by Crippen LogP contribution is -2.11. The van der Waals surface area contributed by atoms with Crippen LogP contribution in [0.15, 0.2) is 30.5 Å². The molecule has 0 spiro atoms. The summed E-state index contributed by atoms with van der Waals surface area (Å²) in [6.07, 6.45) is -1.81. The van der Waals surface area contributed by atoms with Crippen LogP contribution in [0.5, 0.6) is 0 Å². The molecule has 112 valence electrons. The first-order valence-electron chi connectivity index (χ1n) is 6.28. The molecule has 1 heterocycles. The van der Waals surface area contributed by atoms with Gasteiger partial charge in [-0.05, 0) is 24.6 Å². The van der Waals surface area contributed by atoms with E-state index in [2.05, 4.69) is 5.10 Å². The minimum absolute atomic E-state index is 0.0133. The number of esters is 1. The fourth-order valence-electron chi connectivity index (χ4n) is 1.88. The first kappa shape index (κ1) is 15.1. The monoisotopic (exact) mass is 298 g/mol. The molecule has 0 aliphatic heterocycles. The molecular formula is C14H13F3N2O2. The SMILES string of the molecule is CCOC(=O)c1cnn(Cc2ccc(F)cc2)c1C(F)F. The zero-order valence-electron chi connectivity index (χ0n) is 11.2. The number of ether oxygens (including phenoxy) is 1. The largest absolute Gasteiger partial charge is 0.462 e. The summed E-state index contributed by atoms with van der Waals surface area (Å²) in [6.45, 7) is 1.69. The van der Waals surface area contributed by atoms with Gasteiger partial charge in [-0.2, -0.15) is 5.10 Å². The van der Waals surface area contributed by atoms with Crippen LogP contribution in [0.3, 0.4) is 0 Å². The fourth-order valence-corrected chi connectivity index (χ4v) is 1.88. The average Bonchev–Trinajstić information content (AvgIpc) is 2.85. The number of alkyl halides is 2. The number of rotatable bonds is 5. The van der Waals surface area contributed by atoms with E-state index in [0.29, 0.717) is 5.56 Å². The van der Waals surface area contributed by atoms with E-state index in [1.807, 2.05) is 0 Å². The third-order valence-corrected chi connectivity index (χ3v) is 2.83. The number of aromatic nitrogens is 2. The van der Waals surface area contributed by atoms with Crippen LogP contribution >= 0.6 is 0 Å². The van der Waals surface area contributed by atoms with E-state index in [9.17, 15) is 18.0 Å². The van der Waals surface area contributed by atoms with E-state index in [4.69, 9.17) is 4.74 Å². The molecular weight excluding hydrogens is 285 g/mol. The summed E-state index contributed by atoms with van der Waals surface area (Å²) in [7, 11) is 0. The van der Waals surface area contributed by atoms with E-state index < -0.39 is 23.9 Å². The molecule has 0 aliphatic rings. The van der Waals surface area contributed by atoms with Crippen molar-refractivity contribution in [1.82, 2.24) is 9.78 Å². The Bertz CT molecular complexity index is 624. The molecule has 0 amide bonds. The lowest BCUT2D eigenvalue weighted by Gasteiger charge is -2.09. The highest BCUT2D eigenvalue weighted by Gasteiger charge is 2.25. The highest BCUT2D eigenvalue weighted by Crippen LogP contribution is 2.24. The molecule has 1 aromatic heterocycles. The average molecular weight is 298 g/mol. The topological polar surface area (TPSA) is 44.1 Å². The maximum Gasteiger partial charge on any atom is 0.341 e. The Hall–Kier alpha value is -2.31. The Morgan fingerprint density at radius 1 is 1.33 bits per heavy atom. The number of halogens is 3. The van der Waals surface area contributed by atoms with E-state index in [1.54, 1.807) is 6.92 Å². The first-order chi connectivity index (χ1) is 10.0. The third kappa shape index (κ3) is 3.42. The maximum atomic E-state index is 13.2. The Kier molecular flexibility index (Phi) is 4.62. The third-order valence-electron chi connectivity index (χ3n) is 2.83. The Labute approximate surface area is 119 Å². The van der Waals surface area contributed by atoms with Crippen molar-refractivity contribution < 1.29 is 22.7 Å². The Morgan fingerprint density at radius 2 is 2.00 bits per heavy atom. The molecule has 0 radical (unpaired) electrons. The van der Waals surface area contributed by atoms with Crippen molar-refractivity contribution in [3.8, 4) is 0 Å². The smallest absolute Gasteiger partial charge is 0.341 e. The van der Waals surface area contributed by atoms with Gasteiger partial charge in [0.1, 0.15) is 17.1 Å². The van der Waals surface area contributed by atoms with Gasteiger partial charge in [0.25, 0.3) is 6.43 Å². The summed E-state index contributed by atoms with van der Waals surface area (Å²) < 4.78 is 44.9. The number of carbonyl (C=O) groups excluding carboxylic acids is 1. The van der Waals surface area contributed by atoms with Gasteiger partial charge in [0.05, 0.1) is 19.3 Å². The molecule has 21 heavy (non-hydrogen) atoms. The number of nitrogens with zero attached hydrogens (tertiary/aromatic N) is 2. The van der Waals surface area contributed by atoms with E-state index >= 15 is 0 Å². The van der Waals surface area contributed by atoms with Crippen molar-refractivity contribution >= 4 is 5.97 Å². The summed E-state index contributed by atoms with van der Waals surface area (Å²) in [6, 6.07) is 5.40. The lowest BCUT2D eigenvalue weighted by molar-refractivity contribution is 0.0513. The number of carbonyl (C=O) groups is 1. The van der Waals surface area contributed by atoms with Gasteiger partial charge in [-0.25, -0.2) is 18.0 Å². The minimum Gasteiger partial charge on any atom is -0.462 e. The molecule has 4 nitrogen and oxygen atoms in total. The van der Waals surface area contributed by atoms with Crippen molar-refractivity contribution in [2.45, 2.75) is 19.9 Å². The second kappa shape index (κ2) is 6.43. The van der Waals surface area contributed by atoms with Gasteiger partial charge in [0, 0.05) is 0 Å². The minimum atomic E-state index is -2.87. The van der Waals surface area contributed by atoms with Gasteiger partial charge >= 0.3 is 5.97 Å². The highest BCUT2D eigenvalue weighted by molar-refractivity contribution is 5.90. The van der Waals surface area contributed by atoms with Crippen molar-refractivity contribution in [2.75, 3.05) is 6.61 Å². The van der Waals surface area contributed by atoms with Crippen LogP contribution in [0.4, 0.5) is 13.2 Å². The summed E-state index contributed by atoms with van der Waals surface area (Å²) in [4.78, 5) is 11.6. The normalized spacial score (nSPS) is 10.9. The van der Waals surface area contributed by atoms with E-state index in [1.165, 1.54) is 24.3 Å². The fraction of sp³-hybridized carbons (Fsp3) is 0.286. The van der Waals surface area contributed by atoms with Gasteiger partial charge < -0.3 is 4.74 Å². The predicted octanol–water partition coefficient (Wildman–Crippen LogP) is 3.18. The molecule has 0 aliphatic carbocycles. The molecule has 0 saturated carbocycles. The summed E-state index contributed by atoms with van der Waals surface area (Å²) in [5, 5.41) is 3.80. The van der Waals surface area contributed by atoms with E-state index in [0.717, 1.165) is 10.9 Å². The van der Waals surface area contributed by atoms with Crippen LogP contribution in [-0.4, -0.2) is 22.4 Å². The molecule has 0 N–H and O–H groups in total. The number of hydrogen-bond acceptors (Lipinski definition) is 3. The van der Waals surface area contributed by atoms with Crippen LogP contribution in [0.1, 0.15) is 35.0 Å². The molecule has 0 unspecified atom stereocenters. The van der Waals surface area contributed by atoms with Crippen LogP contribution in [0.2, 0.25) is 0 Å². The standard InChI is InChI=1S/C14H13F3N2O2/c1-2-21-14(20)11-7-18-19(12(11)13(16)17)8-9-3-5-10(15)6-4-9/h3-7,13H,2,8H2,1H3. The van der Waals surface area contributed by atoms with Gasteiger partial charge in [-0.15, -0.1) is 0 Å². The second-order valence-electron chi connectivity index (χ2n) is 4.25. The molecule has 0 bridgehead atoms. The van der Waals surface area contributed by atoms with Crippen molar-refractivity contribution in [3.63, 3.8) is 0 Å². The zero-order chi connectivity index (χ0) is 15.4. The molecule has 2 aromatic rings. The van der Waals surface area contributed by atoms with Crippen LogP contribution < -0.4 is 0 Å². The van der Waals surface area contributed by atoms with Crippen molar-refractivity contribution in [3.05, 3.63) is 53.1 Å². The summed E-state index contributed by atoms with van der Waals surface area (Å²) in [5.41, 5.74) is -0.163. The van der Waals surface area contributed by atoms with Crippen LogP contribution in [0.25, 0.3) is 0 Å². The van der Waals surface area contributed by atoms with Crippen molar-refractivity contribution in [2.24, 2.45) is 0 Å². The molecule has 7 heteroatoms. The number of benzene rings is 1. The second-order valence-corrected chi connectivity index (χ2v) is 4.25. The molecule has 1 aromatic carbocycles. The molecule has 0 saturated heterocycles. The van der Waals surface area contributed by atoms with Gasteiger partial charge in [-0.1, -0.05) is 12.1 Å². The Morgan fingerprint density at radius 3 is 2.57 bits per heavy atom. The van der Waals surface area contributed by atoms with Gasteiger partial charge in [-0.3, -0.25) is 4.68 Å². The first-order valence-corrected chi connectivity index (χ1v) is 6.28. The molecule has 2 rings (SSSR count). The van der Waals surface area contributed by atoms with Crippen LogP contribution in [0, 0.1) is 5.82 Å². The molecule has 0 fully saturated rings. The predicted molar refractivity (Wildman–Crippen MR) is 68.6 cm³/mol. The number of hydrogen-bond donors (Lipinski definition) is 0. The summed E-state index contributed by atoms with van der Waals surface area (Å²) in [5.74, 6) is -1.25. The van der Waals surface area contributed by atoms with Crippen molar-refractivity contribution in [1.29, 1.82) is 0 Å². The highest BCUT2D eigenvalue weighted by atomic mass is 19.3. The maximum absolute atomic E-state index is 13.2. The molecule has 0 atom stereocenters. The quantitative estimate of drug-likeness (QED) is 0.796. The summed E-state index contributed by atoms with van der Waals surface area (Å²) >= 11 is 0. The van der Waals surface area contributed by atoms with Gasteiger partial charge in [0.2, 0.25) is 0 Å².